The monoisotopic (exact) mass is 244 g/mol. The van der Waals surface area contributed by atoms with E-state index in [1.165, 1.54) is 17.3 Å². The van der Waals surface area contributed by atoms with Crippen molar-refractivity contribution >= 4 is 17.7 Å². The van der Waals surface area contributed by atoms with E-state index in [1.807, 2.05) is 0 Å². The van der Waals surface area contributed by atoms with E-state index in [1.54, 1.807) is 37.4 Å². The molecule has 0 saturated heterocycles. The standard InChI is InChI=1S/C12H10N3O3/c1-13-6-7-15(14(17)18)10-5-3-2-4-9(10)8-11(15)12(13)16/h2-8H,1H3/q+1. The largest absolute Gasteiger partial charge is 0.318 e. The number of fused-ring (bicyclic) bond motifs is 3. The number of carbonyl (C=O) groups is 1. The third kappa shape index (κ3) is 1.07. The highest BCUT2D eigenvalue weighted by Gasteiger charge is 2.57. The van der Waals surface area contributed by atoms with Gasteiger partial charge in [-0.15, -0.1) is 0 Å². The van der Waals surface area contributed by atoms with Gasteiger partial charge < -0.3 is 4.90 Å². The lowest BCUT2D eigenvalue weighted by molar-refractivity contribution is -0.614. The van der Waals surface area contributed by atoms with Gasteiger partial charge in [0.15, 0.2) is 6.20 Å². The first kappa shape index (κ1) is 10.7. The molecule has 0 radical (unpaired) electrons. The van der Waals surface area contributed by atoms with E-state index in [4.69, 9.17) is 0 Å². The van der Waals surface area contributed by atoms with Crippen LogP contribution in [0.2, 0.25) is 0 Å². The summed E-state index contributed by atoms with van der Waals surface area (Å²) in [6, 6.07) is 6.97. The van der Waals surface area contributed by atoms with Crippen molar-refractivity contribution in [2.24, 2.45) is 0 Å². The molecule has 1 atom stereocenters. The Morgan fingerprint density at radius 2 is 2.06 bits per heavy atom. The van der Waals surface area contributed by atoms with Crippen LogP contribution in [-0.4, -0.2) is 22.9 Å². The average molecular weight is 244 g/mol. The lowest BCUT2D eigenvalue weighted by Crippen LogP contribution is -2.53. The van der Waals surface area contributed by atoms with Gasteiger partial charge in [-0.2, -0.15) is 0 Å². The Bertz CT molecular complexity index is 635. The number of amides is 1. The minimum absolute atomic E-state index is 0.145. The third-order valence-corrected chi connectivity index (χ3v) is 3.27. The van der Waals surface area contributed by atoms with E-state index in [9.17, 15) is 14.9 Å². The second kappa shape index (κ2) is 3.27. The maximum Gasteiger partial charge on any atom is 0.318 e. The van der Waals surface area contributed by atoms with Gasteiger partial charge in [-0.1, -0.05) is 12.1 Å². The zero-order chi connectivity index (χ0) is 12.9. The molecular formula is C12H10N3O3+. The van der Waals surface area contributed by atoms with Crippen LogP contribution in [0.1, 0.15) is 5.56 Å². The Balaban J connectivity index is 2.34. The molecule has 1 aromatic rings. The molecule has 0 aromatic heterocycles. The van der Waals surface area contributed by atoms with Gasteiger partial charge in [0, 0.05) is 24.8 Å². The van der Waals surface area contributed by atoms with Crippen molar-refractivity contribution in [1.29, 1.82) is 0 Å². The predicted octanol–water partition coefficient (Wildman–Crippen LogP) is 1.48. The van der Waals surface area contributed by atoms with Crippen LogP contribution in [0.5, 0.6) is 0 Å². The zero-order valence-corrected chi connectivity index (χ0v) is 9.61. The number of hydrogen-bond donors (Lipinski definition) is 0. The van der Waals surface area contributed by atoms with Crippen molar-refractivity contribution in [2.45, 2.75) is 0 Å². The number of nitrogens with zero attached hydrogens (tertiary/aromatic N) is 3. The van der Waals surface area contributed by atoms with Gasteiger partial charge in [-0.3, -0.25) is 4.79 Å². The van der Waals surface area contributed by atoms with E-state index in [0.29, 0.717) is 11.3 Å². The van der Waals surface area contributed by atoms with Crippen molar-refractivity contribution < 1.29 is 9.83 Å². The molecule has 0 fully saturated rings. The third-order valence-electron chi connectivity index (χ3n) is 3.27. The van der Waals surface area contributed by atoms with Crippen LogP contribution < -0.4 is 4.59 Å². The molecule has 1 aromatic carbocycles. The highest BCUT2D eigenvalue weighted by molar-refractivity contribution is 6.04. The highest BCUT2D eigenvalue weighted by atomic mass is 16.7. The van der Waals surface area contributed by atoms with Gasteiger partial charge in [0.1, 0.15) is 0 Å². The summed E-state index contributed by atoms with van der Waals surface area (Å²) in [5, 5.41) is 11.0. The summed E-state index contributed by atoms with van der Waals surface area (Å²) in [7, 11) is 1.58. The van der Waals surface area contributed by atoms with Crippen molar-refractivity contribution in [1.82, 2.24) is 9.49 Å². The minimum Gasteiger partial charge on any atom is -0.308 e. The average Bonchev–Trinajstić information content (AvgIpc) is 2.70. The second-order valence-corrected chi connectivity index (χ2v) is 4.23. The fourth-order valence-electron chi connectivity index (χ4n) is 2.34. The van der Waals surface area contributed by atoms with E-state index >= 15 is 0 Å². The summed E-state index contributed by atoms with van der Waals surface area (Å²) in [5.74, 6) is -0.356. The fraction of sp³-hybridized carbons (Fsp3) is 0.0833. The van der Waals surface area contributed by atoms with Gasteiger partial charge >= 0.3 is 5.91 Å². The van der Waals surface area contributed by atoms with Gasteiger partial charge in [-0.25, -0.2) is 10.1 Å². The molecule has 90 valence electrons. The van der Waals surface area contributed by atoms with Gasteiger partial charge in [0.2, 0.25) is 5.69 Å². The molecule has 18 heavy (non-hydrogen) atoms. The number of benzene rings is 1. The van der Waals surface area contributed by atoms with E-state index < -0.39 is 9.62 Å². The summed E-state index contributed by atoms with van der Waals surface area (Å²) in [6.45, 7) is 0. The van der Waals surface area contributed by atoms with Gasteiger partial charge in [0.25, 0.3) is 10.7 Å². The summed E-state index contributed by atoms with van der Waals surface area (Å²) in [5.41, 5.74) is 1.35. The Kier molecular flexibility index (Phi) is 1.94. The minimum atomic E-state index is -0.737. The highest BCUT2D eigenvalue weighted by Crippen LogP contribution is 2.43. The lowest BCUT2D eigenvalue weighted by Gasteiger charge is -2.25. The molecule has 6 nitrogen and oxygen atoms in total. The lowest BCUT2D eigenvalue weighted by atomic mass is 10.2. The number of quaternary nitrogens is 1. The van der Waals surface area contributed by atoms with Crippen LogP contribution in [-0.2, 0) is 4.79 Å². The summed E-state index contributed by atoms with van der Waals surface area (Å²) < 4.78 is -0.737. The molecule has 3 rings (SSSR count). The van der Waals surface area contributed by atoms with Crippen LogP contribution >= 0.6 is 0 Å². The zero-order valence-electron chi connectivity index (χ0n) is 9.61. The van der Waals surface area contributed by atoms with E-state index in [-0.39, 0.29) is 11.6 Å². The number of para-hydroxylation sites is 1. The maximum absolute atomic E-state index is 12.1. The van der Waals surface area contributed by atoms with Crippen molar-refractivity contribution in [2.75, 3.05) is 7.05 Å². The second-order valence-electron chi connectivity index (χ2n) is 4.23. The summed E-state index contributed by atoms with van der Waals surface area (Å²) in [4.78, 5) is 24.9. The first-order valence-electron chi connectivity index (χ1n) is 5.39. The first-order chi connectivity index (χ1) is 8.57. The molecule has 2 aliphatic rings. The normalized spacial score (nSPS) is 24.6. The van der Waals surface area contributed by atoms with Crippen LogP contribution in [0.25, 0.3) is 6.08 Å². The van der Waals surface area contributed by atoms with Crippen LogP contribution in [0.15, 0.2) is 42.4 Å². The fourth-order valence-corrected chi connectivity index (χ4v) is 2.34. The van der Waals surface area contributed by atoms with Gasteiger partial charge in [0.05, 0.1) is 10.8 Å². The number of likely N-dealkylation sites (N-methyl/N-ethyl adjacent to an activating group) is 1. The quantitative estimate of drug-likeness (QED) is 0.427. The molecular weight excluding hydrogens is 234 g/mol. The number of nitro groups is 1. The van der Waals surface area contributed by atoms with Crippen molar-refractivity contribution in [3.63, 3.8) is 0 Å². The summed E-state index contributed by atoms with van der Waals surface area (Å²) >= 11 is 0. The predicted molar refractivity (Wildman–Crippen MR) is 65.1 cm³/mol. The van der Waals surface area contributed by atoms with Crippen LogP contribution in [0.4, 0.5) is 5.69 Å². The maximum atomic E-state index is 12.1. The van der Waals surface area contributed by atoms with E-state index in [0.717, 1.165) is 0 Å². The van der Waals surface area contributed by atoms with Gasteiger partial charge in [-0.05, 0) is 6.07 Å². The number of carbonyl (C=O) groups excluding carboxylic acids is 1. The molecule has 1 amide bonds. The molecule has 0 saturated carbocycles. The SMILES string of the molecule is CN1C=C[N+]2([N+](=O)[O-])C(=Cc3ccccc32)C1=O. The Morgan fingerprint density at radius 3 is 2.78 bits per heavy atom. The number of rotatable bonds is 1. The smallest absolute Gasteiger partial charge is 0.308 e. The molecule has 0 N–H and O–H groups in total. The number of hydrogen-bond acceptors (Lipinski definition) is 3. The molecule has 1 unspecified atom stereocenters. The Morgan fingerprint density at radius 1 is 1.33 bits per heavy atom. The van der Waals surface area contributed by atoms with Crippen LogP contribution in [0, 0.1) is 10.1 Å². The van der Waals surface area contributed by atoms with Crippen molar-refractivity contribution in [3.8, 4) is 0 Å². The first-order valence-corrected chi connectivity index (χ1v) is 5.39. The van der Waals surface area contributed by atoms with Crippen LogP contribution in [0.3, 0.4) is 0 Å². The molecule has 2 heterocycles. The van der Waals surface area contributed by atoms with Crippen molar-refractivity contribution in [3.05, 3.63) is 58.0 Å². The molecule has 2 aliphatic heterocycles. The molecule has 0 bridgehead atoms. The molecule has 0 aliphatic carbocycles. The Hall–Kier alpha value is -2.47. The molecule has 6 heteroatoms. The van der Waals surface area contributed by atoms with E-state index in [2.05, 4.69) is 0 Å². The molecule has 0 spiro atoms. The topological polar surface area (TPSA) is 63.4 Å². The summed E-state index contributed by atoms with van der Waals surface area (Å²) in [6.07, 6.45) is 4.43. The Labute approximate surface area is 103 Å².